The summed E-state index contributed by atoms with van der Waals surface area (Å²) >= 11 is 1.72. The molecule has 0 saturated heterocycles. The second-order valence-corrected chi connectivity index (χ2v) is 5.37. The molecular weight excluding hydrogens is 226 g/mol. The number of carboxylic acids is 1. The van der Waals surface area contributed by atoms with Crippen LogP contribution >= 0.6 is 11.8 Å². The number of nitrogens with one attached hydrogen (secondary N) is 1. The van der Waals surface area contributed by atoms with E-state index in [2.05, 4.69) is 12.2 Å². The molecule has 5 heteroatoms. The van der Waals surface area contributed by atoms with E-state index in [0.29, 0.717) is 11.7 Å². The third-order valence-electron chi connectivity index (χ3n) is 2.28. The third-order valence-corrected chi connectivity index (χ3v) is 3.56. The zero-order valence-electron chi connectivity index (χ0n) is 10.1. The number of hydrogen-bond donors (Lipinski definition) is 3. The first-order valence-electron chi connectivity index (χ1n) is 5.80. The zero-order valence-corrected chi connectivity index (χ0v) is 10.9. The van der Waals surface area contributed by atoms with E-state index in [1.807, 2.05) is 6.92 Å². The van der Waals surface area contributed by atoms with Gasteiger partial charge in [-0.3, -0.25) is 4.79 Å². The monoisotopic (exact) mass is 249 g/mol. The van der Waals surface area contributed by atoms with E-state index in [1.54, 1.807) is 11.8 Å². The Morgan fingerprint density at radius 2 is 2.12 bits per heavy atom. The van der Waals surface area contributed by atoms with Gasteiger partial charge in [-0.05, 0) is 31.6 Å². The number of aliphatic hydroxyl groups excluding tert-OH is 1. The van der Waals surface area contributed by atoms with E-state index >= 15 is 0 Å². The van der Waals surface area contributed by atoms with Gasteiger partial charge in [-0.1, -0.05) is 13.8 Å². The summed E-state index contributed by atoms with van der Waals surface area (Å²) in [4.78, 5) is 10.9. The van der Waals surface area contributed by atoms with E-state index in [1.165, 1.54) is 0 Å². The molecule has 3 N–H and O–H groups in total. The molecule has 0 bridgehead atoms. The zero-order chi connectivity index (χ0) is 12.4. The molecular formula is C11H23NO3S. The number of aliphatic hydroxyl groups is 1. The van der Waals surface area contributed by atoms with E-state index in [9.17, 15) is 4.79 Å². The van der Waals surface area contributed by atoms with Gasteiger partial charge in [0.05, 0.1) is 0 Å². The maximum absolute atomic E-state index is 10.9. The molecule has 96 valence electrons. The predicted octanol–water partition coefficient (Wildman–Crippen LogP) is 1.33. The van der Waals surface area contributed by atoms with Gasteiger partial charge in [-0.15, -0.1) is 0 Å². The fourth-order valence-corrected chi connectivity index (χ4v) is 2.33. The molecule has 0 aromatic heterocycles. The van der Waals surface area contributed by atoms with Crippen LogP contribution in [0.2, 0.25) is 0 Å². The van der Waals surface area contributed by atoms with Crippen molar-refractivity contribution in [3.05, 3.63) is 0 Å². The van der Waals surface area contributed by atoms with Crippen LogP contribution in [0.1, 0.15) is 33.1 Å². The van der Waals surface area contributed by atoms with Crippen LogP contribution < -0.4 is 5.32 Å². The molecule has 0 heterocycles. The number of aliphatic carboxylic acids is 1. The molecule has 0 saturated carbocycles. The standard InChI is InChI=1S/C11H23NO3S/c1-3-6-12-10(11(14)15)5-8-16-9(2)4-7-13/h9-10,12-13H,3-8H2,1-2H3,(H,14,15). The summed E-state index contributed by atoms with van der Waals surface area (Å²) in [7, 11) is 0. The molecule has 0 spiro atoms. The second-order valence-electron chi connectivity index (χ2n) is 3.83. The SMILES string of the molecule is CCCNC(CCSC(C)CCO)C(=O)O. The Kier molecular flexibility index (Phi) is 9.77. The maximum atomic E-state index is 10.9. The highest BCUT2D eigenvalue weighted by Gasteiger charge is 2.16. The van der Waals surface area contributed by atoms with Crippen LogP contribution in [0.3, 0.4) is 0 Å². The van der Waals surface area contributed by atoms with Crippen LogP contribution in [0.5, 0.6) is 0 Å². The molecule has 0 aliphatic carbocycles. The summed E-state index contributed by atoms with van der Waals surface area (Å²) in [6, 6.07) is -0.436. The van der Waals surface area contributed by atoms with Crippen molar-refractivity contribution in [3.8, 4) is 0 Å². The molecule has 16 heavy (non-hydrogen) atoms. The second kappa shape index (κ2) is 9.93. The Bertz CT molecular complexity index is 190. The molecule has 0 aliphatic heterocycles. The summed E-state index contributed by atoms with van der Waals surface area (Å²) in [6.45, 7) is 5.01. The van der Waals surface area contributed by atoms with Gasteiger partial charge in [0, 0.05) is 11.9 Å². The summed E-state index contributed by atoms with van der Waals surface area (Å²) in [5.74, 6) is 0.0401. The van der Waals surface area contributed by atoms with Gasteiger partial charge >= 0.3 is 5.97 Å². The number of rotatable bonds is 10. The average molecular weight is 249 g/mol. The van der Waals surface area contributed by atoms with Crippen LogP contribution in [-0.2, 0) is 4.79 Å². The number of carbonyl (C=O) groups is 1. The highest BCUT2D eigenvalue weighted by Crippen LogP contribution is 2.15. The minimum Gasteiger partial charge on any atom is -0.480 e. The number of thioether (sulfide) groups is 1. The van der Waals surface area contributed by atoms with Crippen LogP contribution in [0.15, 0.2) is 0 Å². The molecule has 0 aliphatic rings. The fraction of sp³-hybridized carbons (Fsp3) is 0.909. The molecule has 0 rings (SSSR count). The number of hydrogen-bond acceptors (Lipinski definition) is 4. The van der Waals surface area contributed by atoms with Crippen LogP contribution in [0, 0.1) is 0 Å². The van der Waals surface area contributed by atoms with Crippen molar-refractivity contribution in [1.82, 2.24) is 5.32 Å². The Morgan fingerprint density at radius 1 is 1.44 bits per heavy atom. The topological polar surface area (TPSA) is 69.6 Å². The first-order valence-corrected chi connectivity index (χ1v) is 6.85. The van der Waals surface area contributed by atoms with Crippen LogP contribution in [-0.4, -0.2) is 46.4 Å². The smallest absolute Gasteiger partial charge is 0.320 e. The summed E-state index contributed by atoms with van der Waals surface area (Å²) in [5.41, 5.74) is 0. The lowest BCUT2D eigenvalue weighted by Crippen LogP contribution is -2.37. The van der Waals surface area contributed by atoms with E-state index in [0.717, 1.165) is 25.1 Å². The minimum atomic E-state index is -0.774. The lowest BCUT2D eigenvalue weighted by molar-refractivity contribution is -0.139. The van der Waals surface area contributed by atoms with Gasteiger partial charge in [-0.25, -0.2) is 0 Å². The van der Waals surface area contributed by atoms with Gasteiger partial charge in [0.25, 0.3) is 0 Å². The van der Waals surface area contributed by atoms with E-state index < -0.39 is 12.0 Å². The molecule has 2 atom stereocenters. The van der Waals surface area contributed by atoms with Crippen molar-refractivity contribution in [2.45, 2.75) is 44.4 Å². The van der Waals surface area contributed by atoms with Crippen molar-refractivity contribution in [1.29, 1.82) is 0 Å². The molecule has 4 nitrogen and oxygen atoms in total. The van der Waals surface area contributed by atoms with Crippen molar-refractivity contribution >= 4 is 17.7 Å². The van der Waals surface area contributed by atoms with Crippen molar-refractivity contribution in [3.63, 3.8) is 0 Å². The Morgan fingerprint density at radius 3 is 2.62 bits per heavy atom. The largest absolute Gasteiger partial charge is 0.480 e. The maximum Gasteiger partial charge on any atom is 0.320 e. The van der Waals surface area contributed by atoms with Crippen molar-refractivity contribution in [2.75, 3.05) is 18.9 Å². The molecule has 0 aromatic carbocycles. The molecule has 0 amide bonds. The lowest BCUT2D eigenvalue weighted by Gasteiger charge is -2.15. The summed E-state index contributed by atoms with van der Waals surface area (Å²) in [6.07, 6.45) is 2.35. The summed E-state index contributed by atoms with van der Waals surface area (Å²) < 4.78 is 0. The van der Waals surface area contributed by atoms with Crippen LogP contribution in [0.4, 0.5) is 0 Å². The molecule has 0 radical (unpaired) electrons. The molecule has 2 unspecified atom stereocenters. The van der Waals surface area contributed by atoms with E-state index in [-0.39, 0.29) is 6.61 Å². The van der Waals surface area contributed by atoms with Gasteiger partial charge in [0.1, 0.15) is 6.04 Å². The average Bonchev–Trinajstić information content (AvgIpc) is 2.23. The fourth-order valence-electron chi connectivity index (χ4n) is 1.28. The first-order chi connectivity index (χ1) is 7.61. The van der Waals surface area contributed by atoms with Crippen molar-refractivity contribution < 1.29 is 15.0 Å². The minimum absolute atomic E-state index is 0.199. The highest BCUT2D eigenvalue weighted by atomic mass is 32.2. The molecule has 0 aromatic rings. The summed E-state index contributed by atoms with van der Waals surface area (Å²) in [5, 5.41) is 21.1. The van der Waals surface area contributed by atoms with Gasteiger partial charge < -0.3 is 15.5 Å². The first kappa shape index (κ1) is 15.7. The quantitative estimate of drug-likeness (QED) is 0.545. The molecule has 0 fully saturated rings. The highest BCUT2D eigenvalue weighted by molar-refractivity contribution is 7.99. The van der Waals surface area contributed by atoms with Gasteiger partial charge in [0.15, 0.2) is 0 Å². The third kappa shape index (κ3) is 7.96. The van der Waals surface area contributed by atoms with Gasteiger partial charge in [0.2, 0.25) is 0 Å². The normalized spacial score (nSPS) is 14.7. The number of carboxylic acid groups (broad SMARTS) is 1. The van der Waals surface area contributed by atoms with Crippen LogP contribution in [0.25, 0.3) is 0 Å². The predicted molar refractivity (Wildman–Crippen MR) is 68.0 cm³/mol. The van der Waals surface area contributed by atoms with Gasteiger partial charge in [-0.2, -0.15) is 11.8 Å². The lowest BCUT2D eigenvalue weighted by atomic mass is 10.2. The van der Waals surface area contributed by atoms with Crippen molar-refractivity contribution in [2.24, 2.45) is 0 Å². The Balaban J connectivity index is 3.71. The van der Waals surface area contributed by atoms with E-state index in [4.69, 9.17) is 10.2 Å². The Labute approximate surface area is 102 Å². The Hall–Kier alpha value is -0.260.